The van der Waals surface area contributed by atoms with Crippen LogP contribution in [0.2, 0.25) is 0 Å². The molecule has 138 valence electrons. The molecule has 1 N–H and O–H groups in total. The smallest absolute Gasteiger partial charge is 0.261 e. The number of hydrogen-bond donors (Lipinski definition) is 1. The highest BCUT2D eigenvalue weighted by Gasteiger charge is 2.20. The number of rotatable bonds is 5. The summed E-state index contributed by atoms with van der Waals surface area (Å²) < 4.78 is 29.3. The summed E-state index contributed by atoms with van der Waals surface area (Å²) in [5, 5.41) is 1.98. The van der Waals surface area contributed by atoms with Crippen LogP contribution in [0.15, 0.2) is 53.4 Å². The summed E-state index contributed by atoms with van der Waals surface area (Å²) in [6.07, 6.45) is 1.84. The van der Waals surface area contributed by atoms with Gasteiger partial charge in [0.2, 0.25) is 0 Å². The number of hydrogen-bond acceptors (Lipinski definition) is 5. The topological polar surface area (TPSA) is 72.0 Å². The number of nitrogens with one attached hydrogen (secondary N) is 1. The van der Waals surface area contributed by atoms with E-state index in [1.54, 1.807) is 35.6 Å². The second-order valence-corrected chi connectivity index (χ2v) is 9.20. The van der Waals surface area contributed by atoms with E-state index < -0.39 is 10.0 Å². The maximum atomic E-state index is 12.8. The van der Waals surface area contributed by atoms with Crippen molar-refractivity contribution >= 4 is 48.3 Å². The minimum atomic E-state index is -3.74. The van der Waals surface area contributed by atoms with Crippen molar-refractivity contribution in [1.82, 2.24) is 9.97 Å². The summed E-state index contributed by atoms with van der Waals surface area (Å²) in [5.74, 6) is 0.280. The molecule has 2 aromatic heterocycles. The fraction of sp³-hybridized carbons (Fsp3) is 0.200. The molecule has 0 atom stereocenters. The summed E-state index contributed by atoms with van der Waals surface area (Å²) in [7, 11) is -3.74. The fourth-order valence-electron chi connectivity index (χ4n) is 2.94. The molecular weight excluding hydrogens is 378 g/mol. The van der Waals surface area contributed by atoms with Crippen LogP contribution >= 0.6 is 11.3 Å². The van der Waals surface area contributed by atoms with Crippen molar-refractivity contribution in [3.05, 3.63) is 59.1 Å². The van der Waals surface area contributed by atoms with Gasteiger partial charge in [-0.25, -0.2) is 18.4 Å². The number of anilines is 1. The van der Waals surface area contributed by atoms with Crippen molar-refractivity contribution in [2.24, 2.45) is 0 Å². The molecule has 2 heterocycles. The number of sulfonamides is 1. The molecule has 7 heteroatoms. The number of fused-ring (bicyclic) bond motifs is 3. The lowest BCUT2D eigenvalue weighted by Gasteiger charge is -2.09. The van der Waals surface area contributed by atoms with E-state index in [0.29, 0.717) is 5.52 Å². The largest absolute Gasteiger partial charge is 0.263 e. The fourth-order valence-corrected chi connectivity index (χ4v) is 5.15. The van der Waals surface area contributed by atoms with Gasteiger partial charge in [-0.1, -0.05) is 42.8 Å². The molecule has 0 bridgehead atoms. The third-order valence-corrected chi connectivity index (χ3v) is 6.81. The molecule has 0 radical (unpaired) electrons. The monoisotopic (exact) mass is 397 g/mol. The zero-order valence-electron chi connectivity index (χ0n) is 15.1. The van der Waals surface area contributed by atoms with E-state index in [2.05, 4.69) is 21.6 Å². The number of pyridine rings is 1. The van der Waals surface area contributed by atoms with Gasteiger partial charge in [-0.3, -0.25) is 4.72 Å². The van der Waals surface area contributed by atoms with Crippen LogP contribution in [0.5, 0.6) is 0 Å². The average Bonchev–Trinajstić information content (AvgIpc) is 3.07. The quantitative estimate of drug-likeness (QED) is 0.519. The number of nitrogens with zero attached hydrogens (tertiary/aromatic N) is 2. The third-order valence-electron chi connectivity index (χ3n) is 4.30. The van der Waals surface area contributed by atoms with Crippen molar-refractivity contribution in [1.29, 1.82) is 0 Å². The maximum Gasteiger partial charge on any atom is 0.263 e. The Hall–Kier alpha value is -2.51. The lowest BCUT2D eigenvalue weighted by atomic mass is 10.2. The molecule has 0 amide bonds. The van der Waals surface area contributed by atoms with Gasteiger partial charge in [0.1, 0.15) is 5.52 Å². The highest BCUT2D eigenvalue weighted by Crippen LogP contribution is 2.34. The minimum absolute atomic E-state index is 0.209. The van der Waals surface area contributed by atoms with Crippen LogP contribution in [0, 0.1) is 6.92 Å². The van der Waals surface area contributed by atoms with Gasteiger partial charge in [-0.05, 0) is 38.0 Å². The van der Waals surface area contributed by atoms with E-state index in [9.17, 15) is 8.42 Å². The van der Waals surface area contributed by atoms with Gasteiger partial charge in [-0.15, -0.1) is 11.3 Å². The molecule has 4 rings (SSSR count). The molecule has 0 unspecified atom stereocenters. The van der Waals surface area contributed by atoms with Crippen molar-refractivity contribution < 1.29 is 8.42 Å². The first-order valence-corrected chi connectivity index (χ1v) is 11.1. The number of aromatic nitrogens is 2. The molecule has 27 heavy (non-hydrogen) atoms. The third kappa shape index (κ3) is 3.40. The Bertz CT molecular complexity index is 1230. The van der Waals surface area contributed by atoms with E-state index in [4.69, 9.17) is 0 Å². The predicted octanol–water partition coefficient (Wildman–Crippen LogP) is 4.91. The van der Waals surface area contributed by atoms with Gasteiger partial charge in [0.15, 0.2) is 5.82 Å². The van der Waals surface area contributed by atoms with Crippen molar-refractivity contribution in [2.45, 2.75) is 31.6 Å². The Morgan fingerprint density at radius 1 is 1.04 bits per heavy atom. The summed E-state index contributed by atoms with van der Waals surface area (Å²) in [6, 6.07) is 14.5. The van der Waals surface area contributed by atoms with Crippen molar-refractivity contribution in [3.63, 3.8) is 0 Å². The van der Waals surface area contributed by atoms with Crippen LogP contribution in [0.4, 0.5) is 5.82 Å². The normalized spacial score (nSPS) is 11.9. The van der Waals surface area contributed by atoms with Crippen LogP contribution in [-0.4, -0.2) is 18.4 Å². The Morgan fingerprint density at radius 2 is 1.78 bits per heavy atom. The van der Waals surface area contributed by atoms with Crippen molar-refractivity contribution in [2.75, 3.05) is 4.72 Å². The summed E-state index contributed by atoms with van der Waals surface area (Å²) >= 11 is 1.60. The zero-order valence-corrected chi connectivity index (χ0v) is 16.7. The lowest BCUT2D eigenvalue weighted by Crippen LogP contribution is -2.14. The average molecular weight is 398 g/mol. The van der Waals surface area contributed by atoms with Gasteiger partial charge >= 0.3 is 0 Å². The Kier molecular flexibility index (Phi) is 4.57. The van der Waals surface area contributed by atoms with Gasteiger partial charge in [-0.2, -0.15) is 0 Å². The summed E-state index contributed by atoms with van der Waals surface area (Å²) in [4.78, 5) is 9.44. The Balaban J connectivity index is 1.88. The van der Waals surface area contributed by atoms with Crippen molar-refractivity contribution in [3.8, 4) is 0 Å². The van der Waals surface area contributed by atoms with Gasteiger partial charge in [0.05, 0.1) is 20.1 Å². The summed E-state index contributed by atoms with van der Waals surface area (Å²) in [6.45, 7) is 4.02. The van der Waals surface area contributed by atoms with E-state index in [1.165, 1.54) is 0 Å². The predicted molar refractivity (Wildman–Crippen MR) is 111 cm³/mol. The SMILES string of the molecule is CCCc1nc2c(NS(=O)(=O)c3ccc(C)cc3)nc3ccccc3c2s1. The first kappa shape index (κ1) is 17.9. The van der Waals surface area contributed by atoms with E-state index >= 15 is 0 Å². The number of aryl methyl sites for hydroxylation is 2. The number of para-hydroxylation sites is 1. The van der Waals surface area contributed by atoms with E-state index in [0.717, 1.165) is 39.0 Å². The first-order valence-electron chi connectivity index (χ1n) is 8.75. The molecule has 0 aliphatic rings. The molecule has 5 nitrogen and oxygen atoms in total. The minimum Gasteiger partial charge on any atom is -0.261 e. The summed E-state index contributed by atoms with van der Waals surface area (Å²) in [5.41, 5.74) is 2.36. The highest BCUT2D eigenvalue weighted by molar-refractivity contribution is 7.92. The van der Waals surface area contributed by atoms with E-state index in [-0.39, 0.29) is 10.7 Å². The Labute approximate surface area is 162 Å². The van der Waals surface area contributed by atoms with Gasteiger partial charge < -0.3 is 0 Å². The van der Waals surface area contributed by atoms with Crippen LogP contribution in [0.3, 0.4) is 0 Å². The molecule has 0 saturated carbocycles. The molecular formula is C20H19N3O2S2. The number of thiazole rings is 1. The first-order chi connectivity index (χ1) is 13.0. The van der Waals surface area contributed by atoms with Gasteiger partial charge in [0, 0.05) is 5.39 Å². The van der Waals surface area contributed by atoms with Crippen LogP contribution in [0.25, 0.3) is 21.1 Å². The second-order valence-electron chi connectivity index (χ2n) is 6.43. The second kappa shape index (κ2) is 6.90. The molecule has 0 aliphatic heterocycles. The molecule has 2 aromatic carbocycles. The molecule has 0 aliphatic carbocycles. The van der Waals surface area contributed by atoms with Crippen LogP contribution in [0.1, 0.15) is 23.9 Å². The molecule has 0 saturated heterocycles. The van der Waals surface area contributed by atoms with Crippen LogP contribution in [-0.2, 0) is 16.4 Å². The Morgan fingerprint density at radius 3 is 2.52 bits per heavy atom. The molecule has 0 spiro atoms. The lowest BCUT2D eigenvalue weighted by molar-refractivity contribution is 0.601. The zero-order chi connectivity index (χ0) is 19.0. The van der Waals surface area contributed by atoms with E-state index in [1.807, 2.05) is 31.2 Å². The van der Waals surface area contributed by atoms with Crippen LogP contribution < -0.4 is 4.72 Å². The number of benzene rings is 2. The standard InChI is InChI=1S/C20H19N3O2S2/c1-3-6-17-22-18-19(26-17)15-7-4-5-8-16(15)21-20(18)23-27(24,25)14-11-9-13(2)10-12-14/h4-5,7-12H,3,6H2,1-2H3,(H,21,23). The van der Waals surface area contributed by atoms with Gasteiger partial charge in [0.25, 0.3) is 10.0 Å². The molecule has 4 aromatic rings. The highest BCUT2D eigenvalue weighted by atomic mass is 32.2. The molecule has 0 fully saturated rings. The maximum absolute atomic E-state index is 12.8.